The minimum atomic E-state index is -3.80. The number of rotatable bonds is 6. The van der Waals surface area contributed by atoms with E-state index in [1.807, 2.05) is 4.89 Å². The average molecular weight is 421 g/mol. The van der Waals surface area contributed by atoms with Gasteiger partial charge >= 0.3 is 0 Å². The lowest BCUT2D eigenvalue weighted by molar-refractivity contribution is 0.0997. The molecular weight excluding hydrogens is 405 g/mol. The van der Waals surface area contributed by atoms with Gasteiger partial charge in [0.15, 0.2) is 4.80 Å². The molecule has 0 spiro atoms. The van der Waals surface area contributed by atoms with E-state index < -0.39 is 15.9 Å². The number of amides is 1. The fraction of sp³-hybridized carbons (Fsp3) is 0.111. The normalized spacial score (nSPS) is 12.3. The van der Waals surface area contributed by atoms with E-state index in [0.29, 0.717) is 10.4 Å². The van der Waals surface area contributed by atoms with Crippen LogP contribution in [-0.2, 0) is 21.4 Å². The second kappa shape index (κ2) is 8.57. The van der Waals surface area contributed by atoms with Crippen LogP contribution in [0.4, 0.5) is 4.39 Å². The number of benzene rings is 2. The standard InChI is InChI=1S/C18H16FN3O4S2/c1-26-21-28(24,25)15-8-6-13(7-9-15)17(23)20-18-22(10-11-27-18)12-14-4-2-3-5-16(14)19/h2-11,21H,12H2,1H3. The number of thiazole rings is 1. The molecule has 1 amide bonds. The molecule has 1 aromatic heterocycles. The highest BCUT2D eigenvalue weighted by molar-refractivity contribution is 7.89. The topological polar surface area (TPSA) is 89.8 Å². The number of nitrogens with one attached hydrogen (secondary N) is 1. The Labute approximate surface area is 164 Å². The lowest BCUT2D eigenvalue weighted by Gasteiger charge is -2.05. The molecule has 0 bridgehead atoms. The largest absolute Gasteiger partial charge is 0.319 e. The van der Waals surface area contributed by atoms with E-state index in [1.165, 1.54) is 48.8 Å². The van der Waals surface area contributed by atoms with Gasteiger partial charge < -0.3 is 4.57 Å². The van der Waals surface area contributed by atoms with Crippen LogP contribution in [0.25, 0.3) is 0 Å². The number of aromatic nitrogens is 1. The number of carbonyl (C=O) groups is 1. The number of hydrogen-bond donors (Lipinski definition) is 1. The second-order valence-corrected chi connectivity index (χ2v) is 8.16. The van der Waals surface area contributed by atoms with Crippen molar-refractivity contribution in [2.45, 2.75) is 11.4 Å². The molecular formula is C18H16FN3O4S2. The Morgan fingerprint density at radius 1 is 1.21 bits per heavy atom. The maximum atomic E-state index is 13.9. The number of carbonyl (C=O) groups excluding carboxylic acids is 1. The predicted octanol–water partition coefficient (Wildman–Crippen LogP) is 2.32. The van der Waals surface area contributed by atoms with E-state index in [-0.39, 0.29) is 22.8 Å². The van der Waals surface area contributed by atoms with Crippen molar-refractivity contribution in [1.29, 1.82) is 0 Å². The van der Waals surface area contributed by atoms with Gasteiger partial charge in [-0.1, -0.05) is 23.1 Å². The summed E-state index contributed by atoms with van der Waals surface area (Å²) in [6.45, 7) is 0.238. The van der Waals surface area contributed by atoms with Crippen molar-refractivity contribution in [3.8, 4) is 0 Å². The van der Waals surface area contributed by atoms with Crippen LogP contribution >= 0.6 is 11.3 Å². The SMILES string of the molecule is CONS(=O)(=O)c1ccc(C(=O)N=c2sccn2Cc2ccccc2F)cc1. The van der Waals surface area contributed by atoms with E-state index >= 15 is 0 Å². The van der Waals surface area contributed by atoms with Crippen LogP contribution < -0.4 is 9.69 Å². The summed E-state index contributed by atoms with van der Waals surface area (Å²) >= 11 is 1.24. The molecule has 10 heteroatoms. The van der Waals surface area contributed by atoms with Gasteiger partial charge in [-0.2, -0.15) is 4.99 Å². The van der Waals surface area contributed by atoms with E-state index in [0.717, 1.165) is 0 Å². The predicted molar refractivity (Wildman–Crippen MR) is 101 cm³/mol. The number of halogens is 1. The van der Waals surface area contributed by atoms with Crippen molar-refractivity contribution in [3.05, 3.63) is 81.9 Å². The van der Waals surface area contributed by atoms with E-state index in [1.54, 1.807) is 34.3 Å². The molecule has 28 heavy (non-hydrogen) atoms. The van der Waals surface area contributed by atoms with E-state index in [9.17, 15) is 17.6 Å². The summed E-state index contributed by atoms with van der Waals surface area (Å²) in [5, 5.41) is 1.75. The van der Waals surface area contributed by atoms with Gasteiger partial charge in [0.05, 0.1) is 18.6 Å². The molecule has 0 fully saturated rings. The third kappa shape index (κ3) is 4.60. The number of nitrogens with zero attached hydrogens (tertiary/aromatic N) is 2. The summed E-state index contributed by atoms with van der Waals surface area (Å²) in [6.07, 6.45) is 1.72. The molecule has 7 nitrogen and oxygen atoms in total. The molecule has 2 aromatic carbocycles. The molecule has 0 aliphatic rings. The quantitative estimate of drug-likeness (QED) is 0.619. The lowest BCUT2D eigenvalue weighted by Crippen LogP contribution is -2.22. The molecule has 0 atom stereocenters. The Hall–Kier alpha value is -2.66. The first-order valence-corrected chi connectivity index (χ1v) is 10.4. The zero-order chi connectivity index (χ0) is 20.1. The van der Waals surface area contributed by atoms with Gasteiger partial charge in [0, 0.05) is 22.7 Å². The Morgan fingerprint density at radius 3 is 2.61 bits per heavy atom. The number of sulfonamides is 1. The van der Waals surface area contributed by atoms with Gasteiger partial charge in [-0.25, -0.2) is 12.8 Å². The van der Waals surface area contributed by atoms with Gasteiger partial charge in [-0.15, -0.1) is 11.3 Å². The molecule has 3 rings (SSSR count). The Bertz CT molecular complexity index is 1150. The second-order valence-electron chi connectivity index (χ2n) is 5.64. The first-order chi connectivity index (χ1) is 13.4. The molecule has 0 aliphatic carbocycles. The molecule has 1 heterocycles. The minimum Gasteiger partial charge on any atom is -0.319 e. The summed E-state index contributed by atoms with van der Waals surface area (Å²) in [5.41, 5.74) is 0.706. The van der Waals surface area contributed by atoms with Crippen LogP contribution in [0, 0.1) is 5.82 Å². The van der Waals surface area contributed by atoms with Gasteiger partial charge in [-0.05, 0) is 30.3 Å². The molecule has 0 radical (unpaired) electrons. The summed E-state index contributed by atoms with van der Waals surface area (Å²) < 4.78 is 39.2. The van der Waals surface area contributed by atoms with Crippen LogP contribution in [0.5, 0.6) is 0 Å². The van der Waals surface area contributed by atoms with E-state index in [4.69, 9.17) is 0 Å². The fourth-order valence-corrected chi connectivity index (χ4v) is 3.94. The van der Waals surface area contributed by atoms with Crippen molar-refractivity contribution in [1.82, 2.24) is 9.45 Å². The number of hydrogen-bond acceptors (Lipinski definition) is 5. The van der Waals surface area contributed by atoms with Crippen LogP contribution in [0.1, 0.15) is 15.9 Å². The monoisotopic (exact) mass is 421 g/mol. The van der Waals surface area contributed by atoms with Gasteiger partial charge in [-0.3, -0.25) is 9.63 Å². The molecule has 146 valence electrons. The van der Waals surface area contributed by atoms with Crippen LogP contribution in [0.3, 0.4) is 0 Å². The average Bonchev–Trinajstić information content (AvgIpc) is 3.10. The Morgan fingerprint density at radius 2 is 1.93 bits per heavy atom. The summed E-state index contributed by atoms with van der Waals surface area (Å²) in [4.78, 5) is 23.2. The zero-order valence-electron chi connectivity index (χ0n) is 14.7. The minimum absolute atomic E-state index is 0.0448. The molecule has 0 unspecified atom stereocenters. The maximum absolute atomic E-state index is 13.9. The smallest absolute Gasteiger partial charge is 0.279 e. The molecule has 0 saturated carbocycles. The van der Waals surface area contributed by atoms with E-state index in [2.05, 4.69) is 9.83 Å². The summed E-state index contributed by atoms with van der Waals surface area (Å²) in [5.74, 6) is -0.867. The highest BCUT2D eigenvalue weighted by Gasteiger charge is 2.14. The summed E-state index contributed by atoms with van der Waals surface area (Å²) in [6, 6.07) is 11.7. The zero-order valence-corrected chi connectivity index (χ0v) is 16.3. The fourth-order valence-electron chi connectivity index (χ4n) is 2.40. The molecule has 0 aliphatic heterocycles. The van der Waals surface area contributed by atoms with Crippen molar-refractivity contribution in [3.63, 3.8) is 0 Å². The van der Waals surface area contributed by atoms with Crippen LogP contribution in [0.2, 0.25) is 0 Å². The van der Waals surface area contributed by atoms with Crippen LogP contribution in [-0.4, -0.2) is 26.0 Å². The molecule has 3 aromatic rings. The Kier molecular flexibility index (Phi) is 6.15. The van der Waals surface area contributed by atoms with Crippen molar-refractivity contribution in [2.75, 3.05) is 7.11 Å². The van der Waals surface area contributed by atoms with Gasteiger partial charge in [0.2, 0.25) is 0 Å². The first-order valence-electron chi connectivity index (χ1n) is 8.02. The van der Waals surface area contributed by atoms with Crippen molar-refractivity contribution < 1.29 is 22.4 Å². The third-order valence-electron chi connectivity index (χ3n) is 3.76. The highest BCUT2D eigenvalue weighted by Crippen LogP contribution is 2.12. The van der Waals surface area contributed by atoms with Gasteiger partial charge in [0.1, 0.15) is 5.82 Å². The maximum Gasteiger partial charge on any atom is 0.279 e. The molecule has 1 N–H and O–H groups in total. The summed E-state index contributed by atoms with van der Waals surface area (Å²) in [7, 11) is -2.61. The van der Waals surface area contributed by atoms with Crippen molar-refractivity contribution in [2.24, 2.45) is 4.99 Å². The Balaban J connectivity index is 1.84. The lowest BCUT2D eigenvalue weighted by atomic mass is 10.2. The van der Waals surface area contributed by atoms with Crippen LogP contribution in [0.15, 0.2) is 70.0 Å². The molecule has 0 saturated heterocycles. The van der Waals surface area contributed by atoms with Gasteiger partial charge in [0.25, 0.3) is 15.9 Å². The van der Waals surface area contributed by atoms with Crippen molar-refractivity contribution >= 4 is 27.3 Å². The third-order valence-corrected chi connectivity index (χ3v) is 5.83. The first kappa shape index (κ1) is 20.1. The highest BCUT2D eigenvalue weighted by atomic mass is 32.2.